The molecule has 0 saturated carbocycles. The lowest BCUT2D eigenvalue weighted by Crippen LogP contribution is -2.18. The molecule has 1 heterocycles. The van der Waals surface area contributed by atoms with Crippen LogP contribution in [-0.4, -0.2) is 6.61 Å². The second-order valence-electron chi connectivity index (χ2n) is 4.46. The van der Waals surface area contributed by atoms with Crippen LogP contribution in [-0.2, 0) is 0 Å². The van der Waals surface area contributed by atoms with Crippen molar-refractivity contribution in [1.29, 1.82) is 0 Å². The van der Waals surface area contributed by atoms with E-state index in [9.17, 15) is 0 Å². The summed E-state index contributed by atoms with van der Waals surface area (Å²) in [6.07, 6.45) is 0.810. The molecule has 3 nitrogen and oxygen atoms in total. The van der Waals surface area contributed by atoms with Gasteiger partial charge in [0.15, 0.2) is 0 Å². The van der Waals surface area contributed by atoms with Gasteiger partial charge in [-0.25, -0.2) is 0 Å². The number of halogens is 1. The number of benzene rings is 2. The average molecular weight is 276 g/mol. The molecule has 4 heteroatoms. The Morgan fingerprint density at radius 2 is 2.05 bits per heavy atom. The Labute approximate surface area is 116 Å². The summed E-state index contributed by atoms with van der Waals surface area (Å²) in [4.78, 5) is 0. The van der Waals surface area contributed by atoms with Crippen molar-refractivity contribution < 1.29 is 9.47 Å². The summed E-state index contributed by atoms with van der Waals surface area (Å²) in [5, 5.41) is 0.541. The minimum atomic E-state index is -0.00877. The standard InChI is InChI=1S/C15H14ClNO2/c16-12-6-5-10(9-13(12)17)19-15-7-8-18-14-4-2-1-3-11(14)15/h1-6,9,15H,7-8,17H2. The van der Waals surface area contributed by atoms with E-state index in [2.05, 4.69) is 0 Å². The minimum absolute atomic E-state index is 0.00877. The lowest BCUT2D eigenvalue weighted by molar-refractivity contribution is 0.136. The Kier molecular flexibility index (Phi) is 3.22. The van der Waals surface area contributed by atoms with Gasteiger partial charge in [-0.2, -0.15) is 0 Å². The van der Waals surface area contributed by atoms with Crippen molar-refractivity contribution >= 4 is 17.3 Å². The smallest absolute Gasteiger partial charge is 0.131 e. The minimum Gasteiger partial charge on any atom is -0.493 e. The predicted octanol–water partition coefficient (Wildman–Crippen LogP) is 3.82. The van der Waals surface area contributed by atoms with E-state index in [1.807, 2.05) is 30.3 Å². The number of nitrogens with two attached hydrogens (primary N) is 1. The van der Waals surface area contributed by atoms with Gasteiger partial charge in [0.1, 0.15) is 17.6 Å². The third kappa shape index (κ3) is 2.47. The van der Waals surface area contributed by atoms with Crippen molar-refractivity contribution in [1.82, 2.24) is 0 Å². The largest absolute Gasteiger partial charge is 0.493 e. The molecule has 1 unspecified atom stereocenters. The summed E-state index contributed by atoms with van der Waals surface area (Å²) in [6, 6.07) is 13.3. The summed E-state index contributed by atoms with van der Waals surface area (Å²) in [5.74, 6) is 1.62. The molecule has 0 aromatic heterocycles. The number of nitrogen functional groups attached to an aromatic ring is 1. The molecule has 98 valence electrons. The van der Waals surface area contributed by atoms with E-state index in [-0.39, 0.29) is 6.10 Å². The summed E-state index contributed by atoms with van der Waals surface area (Å²) < 4.78 is 11.6. The summed E-state index contributed by atoms with van der Waals surface area (Å²) in [5.41, 5.74) is 7.38. The van der Waals surface area contributed by atoms with Crippen LogP contribution in [0.25, 0.3) is 0 Å². The van der Waals surface area contributed by atoms with Crippen LogP contribution in [0.5, 0.6) is 11.5 Å². The molecular formula is C15H14ClNO2. The molecule has 1 aliphatic heterocycles. The summed E-state index contributed by atoms with van der Waals surface area (Å²) in [6.45, 7) is 0.657. The van der Waals surface area contributed by atoms with Gasteiger partial charge in [0.05, 0.1) is 17.3 Å². The van der Waals surface area contributed by atoms with Gasteiger partial charge in [-0.15, -0.1) is 0 Å². The molecule has 1 atom stereocenters. The number of ether oxygens (including phenoxy) is 2. The van der Waals surface area contributed by atoms with Crippen LogP contribution >= 0.6 is 11.6 Å². The molecule has 0 fully saturated rings. The van der Waals surface area contributed by atoms with Crippen molar-refractivity contribution in [2.24, 2.45) is 0 Å². The van der Waals surface area contributed by atoms with E-state index in [1.165, 1.54) is 0 Å². The highest BCUT2D eigenvalue weighted by atomic mass is 35.5. The molecule has 0 bridgehead atoms. The highest BCUT2D eigenvalue weighted by molar-refractivity contribution is 6.33. The Balaban J connectivity index is 1.86. The van der Waals surface area contributed by atoms with E-state index >= 15 is 0 Å². The van der Waals surface area contributed by atoms with Crippen LogP contribution in [0.2, 0.25) is 5.02 Å². The van der Waals surface area contributed by atoms with Gasteiger partial charge >= 0.3 is 0 Å². The van der Waals surface area contributed by atoms with Gasteiger partial charge in [0.2, 0.25) is 0 Å². The number of rotatable bonds is 2. The zero-order valence-electron chi connectivity index (χ0n) is 10.3. The average Bonchev–Trinajstić information content (AvgIpc) is 2.43. The zero-order valence-corrected chi connectivity index (χ0v) is 11.1. The first-order chi connectivity index (χ1) is 9.24. The van der Waals surface area contributed by atoms with Crippen molar-refractivity contribution in [3.63, 3.8) is 0 Å². The number of para-hydroxylation sites is 1. The maximum absolute atomic E-state index is 6.00. The van der Waals surface area contributed by atoms with Gasteiger partial charge in [-0.3, -0.25) is 0 Å². The molecule has 2 N–H and O–H groups in total. The van der Waals surface area contributed by atoms with Crippen LogP contribution in [0.4, 0.5) is 5.69 Å². The van der Waals surface area contributed by atoms with Crippen LogP contribution < -0.4 is 15.2 Å². The number of anilines is 1. The third-order valence-corrected chi connectivity index (χ3v) is 3.49. The lowest BCUT2D eigenvalue weighted by Gasteiger charge is -2.26. The highest BCUT2D eigenvalue weighted by Gasteiger charge is 2.22. The Bertz CT molecular complexity index is 600. The van der Waals surface area contributed by atoms with E-state index in [1.54, 1.807) is 12.1 Å². The molecule has 0 spiro atoms. The quantitative estimate of drug-likeness (QED) is 0.847. The predicted molar refractivity (Wildman–Crippen MR) is 75.8 cm³/mol. The van der Waals surface area contributed by atoms with Gasteiger partial charge < -0.3 is 15.2 Å². The van der Waals surface area contributed by atoms with E-state index in [0.29, 0.717) is 17.3 Å². The Morgan fingerprint density at radius 3 is 2.89 bits per heavy atom. The third-order valence-electron chi connectivity index (χ3n) is 3.15. The Morgan fingerprint density at radius 1 is 1.21 bits per heavy atom. The number of hydrogen-bond acceptors (Lipinski definition) is 3. The lowest BCUT2D eigenvalue weighted by atomic mass is 10.0. The van der Waals surface area contributed by atoms with Crippen molar-refractivity contribution in [3.8, 4) is 11.5 Å². The fraction of sp³-hybridized carbons (Fsp3) is 0.200. The van der Waals surface area contributed by atoms with Crippen LogP contribution in [0.1, 0.15) is 18.1 Å². The molecule has 3 rings (SSSR count). The highest BCUT2D eigenvalue weighted by Crippen LogP contribution is 2.36. The first-order valence-corrected chi connectivity index (χ1v) is 6.55. The molecule has 2 aromatic rings. The van der Waals surface area contributed by atoms with E-state index < -0.39 is 0 Å². The second kappa shape index (κ2) is 5.02. The van der Waals surface area contributed by atoms with Crippen molar-refractivity contribution in [2.45, 2.75) is 12.5 Å². The molecule has 0 saturated heterocycles. The molecule has 0 amide bonds. The fourth-order valence-electron chi connectivity index (χ4n) is 2.19. The molecule has 0 aliphatic carbocycles. The SMILES string of the molecule is Nc1cc(OC2CCOc3ccccc32)ccc1Cl. The zero-order chi connectivity index (χ0) is 13.2. The molecular weight excluding hydrogens is 262 g/mol. The molecule has 0 radical (unpaired) electrons. The normalized spacial score (nSPS) is 17.4. The van der Waals surface area contributed by atoms with E-state index in [4.69, 9.17) is 26.8 Å². The molecule has 1 aliphatic rings. The monoisotopic (exact) mass is 275 g/mol. The second-order valence-corrected chi connectivity index (χ2v) is 4.87. The van der Waals surface area contributed by atoms with Gasteiger partial charge in [-0.05, 0) is 18.2 Å². The summed E-state index contributed by atoms with van der Waals surface area (Å²) in [7, 11) is 0. The fourth-order valence-corrected chi connectivity index (χ4v) is 2.31. The summed E-state index contributed by atoms with van der Waals surface area (Å²) >= 11 is 5.90. The van der Waals surface area contributed by atoms with Gasteiger partial charge in [-0.1, -0.05) is 29.8 Å². The van der Waals surface area contributed by atoms with Crippen LogP contribution in [0.15, 0.2) is 42.5 Å². The molecule has 19 heavy (non-hydrogen) atoms. The maximum atomic E-state index is 6.00. The van der Waals surface area contributed by atoms with Crippen LogP contribution in [0.3, 0.4) is 0 Å². The topological polar surface area (TPSA) is 44.5 Å². The van der Waals surface area contributed by atoms with Crippen molar-refractivity contribution in [3.05, 3.63) is 53.1 Å². The molecule has 2 aromatic carbocycles. The van der Waals surface area contributed by atoms with Gasteiger partial charge in [0, 0.05) is 18.1 Å². The Hall–Kier alpha value is -1.87. The maximum Gasteiger partial charge on any atom is 0.131 e. The first-order valence-electron chi connectivity index (χ1n) is 6.17. The first kappa shape index (κ1) is 12.2. The van der Waals surface area contributed by atoms with Crippen LogP contribution in [0, 0.1) is 0 Å². The van der Waals surface area contributed by atoms with Crippen molar-refractivity contribution in [2.75, 3.05) is 12.3 Å². The van der Waals surface area contributed by atoms with E-state index in [0.717, 1.165) is 23.5 Å². The number of hydrogen-bond donors (Lipinski definition) is 1. The van der Waals surface area contributed by atoms with Gasteiger partial charge in [0.25, 0.3) is 0 Å². The number of fused-ring (bicyclic) bond motifs is 1.